The maximum Gasteiger partial charge on any atom is 0.253 e. The zero-order valence-electron chi connectivity index (χ0n) is 17.1. The van der Waals surface area contributed by atoms with Gasteiger partial charge in [-0.25, -0.2) is 0 Å². The molecule has 0 atom stereocenters. The highest BCUT2D eigenvalue weighted by Crippen LogP contribution is 2.24. The molecule has 1 aliphatic heterocycles. The quantitative estimate of drug-likeness (QED) is 0.560. The normalized spacial score (nSPS) is 14.4. The summed E-state index contributed by atoms with van der Waals surface area (Å²) in [6.45, 7) is 1.72. The van der Waals surface area contributed by atoms with Gasteiger partial charge in [-0.1, -0.05) is 24.3 Å². The Morgan fingerprint density at radius 3 is 2.57 bits per heavy atom. The van der Waals surface area contributed by atoms with Crippen molar-refractivity contribution < 1.29 is 4.79 Å². The Balaban J connectivity index is 1.38. The second kappa shape index (κ2) is 7.78. The second-order valence-electron chi connectivity index (χ2n) is 8.06. The molecule has 1 amide bonds. The number of nitrogens with one attached hydrogen (secondary N) is 1. The first-order valence-electron chi connectivity index (χ1n) is 10.5. The van der Waals surface area contributed by atoms with Crippen molar-refractivity contribution in [1.82, 2.24) is 24.9 Å². The number of hydrogen-bond donors (Lipinski definition) is 1. The van der Waals surface area contributed by atoms with Crippen LogP contribution in [-0.2, 0) is 13.5 Å². The highest BCUT2D eigenvalue weighted by Gasteiger charge is 2.19. The zero-order valence-corrected chi connectivity index (χ0v) is 17.1. The van der Waals surface area contributed by atoms with Crippen molar-refractivity contribution in [3.63, 3.8) is 0 Å². The lowest BCUT2D eigenvalue weighted by molar-refractivity contribution is 0.0724. The monoisotopic (exact) mass is 399 g/mol. The molecular formula is C24H25N5O. The van der Waals surface area contributed by atoms with Gasteiger partial charge >= 0.3 is 0 Å². The highest BCUT2D eigenvalue weighted by molar-refractivity contribution is 5.98. The van der Waals surface area contributed by atoms with E-state index >= 15 is 0 Å². The van der Waals surface area contributed by atoms with Crippen LogP contribution in [0.3, 0.4) is 0 Å². The van der Waals surface area contributed by atoms with E-state index in [1.54, 1.807) is 0 Å². The first-order valence-corrected chi connectivity index (χ1v) is 10.5. The van der Waals surface area contributed by atoms with Crippen LogP contribution in [0.25, 0.3) is 22.0 Å². The number of amides is 1. The van der Waals surface area contributed by atoms with Crippen molar-refractivity contribution in [2.75, 3.05) is 13.1 Å². The van der Waals surface area contributed by atoms with Crippen molar-refractivity contribution in [1.29, 1.82) is 0 Å². The number of H-pyrrole nitrogens is 1. The minimum atomic E-state index is 0.129. The van der Waals surface area contributed by atoms with Gasteiger partial charge in [-0.2, -0.15) is 10.2 Å². The Labute approximate surface area is 175 Å². The number of likely N-dealkylation sites (tertiary alicyclic amines) is 1. The molecule has 3 heterocycles. The van der Waals surface area contributed by atoms with Crippen LogP contribution < -0.4 is 0 Å². The maximum absolute atomic E-state index is 12.9. The summed E-state index contributed by atoms with van der Waals surface area (Å²) in [6.07, 6.45) is 8.04. The molecule has 5 rings (SSSR count). The molecule has 4 aromatic rings. The van der Waals surface area contributed by atoms with Crippen LogP contribution in [0.2, 0.25) is 0 Å². The van der Waals surface area contributed by atoms with E-state index in [0.29, 0.717) is 0 Å². The summed E-state index contributed by atoms with van der Waals surface area (Å²) in [6, 6.07) is 14.3. The lowest BCUT2D eigenvalue weighted by Gasteiger charge is -2.26. The SMILES string of the molecule is Cn1cc(-c2ccc(Cc3[nH]nc4ccc(C(=O)N5CCCCC5)cc34)cc2)cn1. The highest BCUT2D eigenvalue weighted by atomic mass is 16.2. The number of benzene rings is 2. The minimum Gasteiger partial charge on any atom is -0.339 e. The summed E-state index contributed by atoms with van der Waals surface area (Å²) in [4.78, 5) is 14.9. The molecule has 1 fully saturated rings. The Morgan fingerprint density at radius 2 is 1.83 bits per heavy atom. The minimum absolute atomic E-state index is 0.129. The van der Waals surface area contributed by atoms with Gasteiger partial charge in [0.2, 0.25) is 0 Å². The van der Waals surface area contributed by atoms with Gasteiger partial charge in [0.1, 0.15) is 0 Å². The van der Waals surface area contributed by atoms with Gasteiger partial charge in [-0.05, 0) is 48.6 Å². The van der Waals surface area contributed by atoms with Gasteiger partial charge in [0.25, 0.3) is 5.91 Å². The van der Waals surface area contributed by atoms with Crippen molar-refractivity contribution >= 4 is 16.8 Å². The van der Waals surface area contributed by atoms with E-state index in [1.165, 1.54) is 12.0 Å². The van der Waals surface area contributed by atoms with Crippen molar-refractivity contribution in [3.05, 3.63) is 71.7 Å². The molecule has 1 aliphatic rings. The number of fused-ring (bicyclic) bond motifs is 1. The average Bonchev–Trinajstić information content (AvgIpc) is 3.40. The van der Waals surface area contributed by atoms with E-state index in [2.05, 4.69) is 39.6 Å². The number of aromatic amines is 1. The number of carbonyl (C=O) groups excluding carboxylic acids is 1. The van der Waals surface area contributed by atoms with Crippen LogP contribution >= 0.6 is 0 Å². The van der Waals surface area contributed by atoms with E-state index < -0.39 is 0 Å². The standard InChI is InChI=1S/C24H25N5O/c1-28-16-20(15-25-28)18-7-5-17(6-8-18)13-23-21-14-19(9-10-22(21)26-27-23)24(30)29-11-3-2-4-12-29/h5-10,14-16H,2-4,11-13H2,1H3,(H,26,27). The summed E-state index contributed by atoms with van der Waals surface area (Å²) in [5, 5.41) is 12.9. The molecule has 2 aromatic heterocycles. The first-order chi connectivity index (χ1) is 14.7. The smallest absolute Gasteiger partial charge is 0.253 e. The first kappa shape index (κ1) is 18.6. The summed E-state index contributed by atoms with van der Waals surface area (Å²) >= 11 is 0. The average molecular weight is 399 g/mol. The molecule has 0 unspecified atom stereocenters. The Morgan fingerprint density at radius 1 is 1.03 bits per heavy atom. The molecule has 0 radical (unpaired) electrons. The van der Waals surface area contributed by atoms with Gasteiger partial charge in [-0.15, -0.1) is 0 Å². The lowest BCUT2D eigenvalue weighted by atomic mass is 10.0. The molecule has 30 heavy (non-hydrogen) atoms. The predicted molar refractivity (Wildman–Crippen MR) is 117 cm³/mol. The second-order valence-corrected chi connectivity index (χ2v) is 8.06. The molecule has 6 heteroatoms. The zero-order chi connectivity index (χ0) is 20.5. The van der Waals surface area contributed by atoms with E-state index in [-0.39, 0.29) is 5.91 Å². The third kappa shape index (κ3) is 3.61. The molecule has 0 spiro atoms. The van der Waals surface area contributed by atoms with E-state index in [9.17, 15) is 4.79 Å². The van der Waals surface area contributed by atoms with E-state index in [4.69, 9.17) is 0 Å². The maximum atomic E-state index is 12.9. The van der Waals surface area contributed by atoms with Gasteiger partial charge in [0, 0.05) is 55.0 Å². The Bertz CT molecular complexity index is 1180. The molecule has 1 saturated heterocycles. The van der Waals surface area contributed by atoms with Crippen molar-refractivity contribution in [2.45, 2.75) is 25.7 Å². The number of aromatic nitrogens is 4. The topological polar surface area (TPSA) is 66.8 Å². The van der Waals surface area contributed by atoms with Gasteiger partial charge < -0.3 is 4.90 Å². The summed E-state index contributed by atoms with van der Waals surface area (Å²) < 4.78 is 1.81. The number of hydrogen-bond acceptors (Lipinski definition) is 3. The Kier molecular flexibility index (Phi) is 4.83. The number of aryl methyl sites for hydroxylation is 1. The van der Waals surface area contributed by atoms with Crippen LogP contribution in [0.4, 0.5) is 0 Å². The van der Waals surface area contributed by atoms with Crippen LogP contribution in [0.15, 0.2) is 54.9 Å². The molecule has 0 bridgehead atoms. The molecule has 152 valence electrons. The summed E-state index contributed by atoms with van der Waals surface area (Å²) in [5.74, 6) is 0.129. The number of rotatable bonds is 4. The van der Waals surface area contributed by atoms with Gasteiger partial charge in [0.15, 0.2) is 0 Å². The molecular weight excluding hydrogens is 374 g/mol. The van der Waals surface area contributed by atoms with Crippen LogP contribution in [0.1, 0.15) is 40.9 Å². The molecule has 6 nitrogen and oxygen atoms in total. The molecule has 1 N–H and O–H groups in total. The fourth-order valence-electron chi connectivity index (χ4n) is 4.20. The Hall–Kier alpha value is -3.41. The van der Waals surface area contributed by atoms with E-state index in [0.717, 1.165) is 65.6 Å². The fourth-order valence-corrected chi connectivity index (χ4v) is 4.20. The lowest BCUT2D eigenvalue weighted by Crippen LogP contribution is -2.35. The van der Waals surface area contributed by atoms with Crippen LogP contribution in [0.5, 0.6) is 0 Å². The molecule has 2 aromatic carbocycles. The molecule has 0 aliphatic carbocycles. The van der Waals surface area contributed by atoms with Crippen LogP contribution in [0, 0.1) is 0 Å². The number of nitrogens with zero attached hydrogens (tertiary/aromatic N) is 4. The van der Waals surface area contributed by atoms with Crippen molar-refractivity contribution in [3.8, 4) is 11.1 Å². The third-order valence-corrected chi connectivity index (χ3v) is 5.90. The van der Waals surface area contributed by atoms with Crippen molar-refractivity contribution in [2.24, 2.45) is 7.05 Å². The number of carbonyl (C=O) groups is 1. The fraction of sp³-hybridized carbons (Fsp3) is 0.292. The van der Waals surface area contributed by atoms with Gasteiger partial charge in [-0.3, -0.25) is 14.6 Å². The van der Waals surface area contributed by atoms with E-state index in [1.807, 2.05) is 47.2 Å². The number of piperidine rings is 1. The van der Waals surface area contributed by atoms with Gasteiger partial charge in [0.05, 0.1) is 11.7 Å². The van der Waals surface area contributed by atoms with Crippen LogP contribution in [-0.4, -0.2) is 43.9 Å². The predicted octanol–water partition coefficient (Wildman–Crippen LogP) is 4.18. The third-order valence-electron chi connectivity index (χ3n) is 5.90. The summed E-state index contributed by atoms with van der Waals surface area (Å²) in [7, 11) is 1.92. The molecule has 0 saturated carbocycles. The summed E-state index contributed by atoms with van der Waals surface area (Å²) in [5.41, 5.74) is 6.13. The largest absolute Gasteiger partial charge is 0.339 e.